The lowest BCUT2D eigenvalue weighted by Gasteiger charge is -2.10. The summed E-state index contributed by atoms with van der Waals surface area (Å²) in [5, 5.41) is 21.5. The molecule has 0 atom stereocenters. The highest BCUT2D eigenvalue weighted by atomic mass is 16.2. The Labute approximate surface area is 179 Å². The maximum atomic E-state index is 12.1. The summed E-state index contributed by atoms with van der Waals surface area (Å²) in [6.07, 6.45) is 0.581. The van der Waals surface area contributed by atoms with Gasteiger partial charge >= 0.3 is 0 Å². The number of nitrogens with zero attached hydrogens (tertiary/aromatic N) is 6. The van der Waals surface area contributed by atoms with Gasteiger partial charge in [0.2, 0.25) is 11.6 Å². The average Bonchev–Trinajstić information content (AvgIpc) is 3.45. The Balaban J connectivity index is 1.60. The summed E-state index contributed by atoms with van der Waals surface area (Å²) in [6.45, 7) is 6.46. The maximum Gasteiger partial charge on any atom is 0.290 e. The number of H-pyrrole nitrogens is 1. The van der Waals surface area contributed by atoms with Gasteiger partial charge in [0.1, 0.15) is 5.82 Å². The molecule has 0 aliphatic rings. The number of benzene rings is 2. The fourth-order valence-corrected chi connectivity index (χ4v) is 3.42. The van der Waals surface area contributed by atoms with Gasteiger partial charge in [0.05, 0.1) is 0 Å². The molecular formula is C22H24N8O. The molecule has 4 rings (SSSR count). The maximum absolute atomic E-state index is 12.1. The van der Waals surface area contributed by atoms with Gasteiger partial charge in [-0.25, -0.2) is 9.67 Å². The number of hydrogen-bond donors (Lipinski definition) is 2. The molecule has 1 amide bonds. The largest absolute Gasteiger partial charge is 0.350 e. The molecule has 0 spiro atoms. The predicted octanol–water partition coefficient (Wildman–Crippen LogP) is 3.05. The Morgan fingerprint density at radius 1 is 1.10 bits per heavy atom. The Morgan fingerprint density at radius 3 is 2.48 bits per heavy atom. The van der Waals surface area contributed by atoms with E-state index in [1.165, 1.54) is 0 Å². The van der Waals surface area contributed by atoms with Crippen LogP contribution in [0.25, 0.3) is 22.5 Å². The van der Waals surface area contributed by atoms with Crippen molar-refractivity contribution in [2.24, 2.45) is 0 Å². The van der Waals surface area contributed by atoms with E-state index in [4.69, 9.17) is 0 Å². The Morgan fingerprint density at radius 2 is 1.84 bits per heavy atom. The summed E-state index contributed by atoms with van der Waals surface area (Å²) in [5.41, 5.74) is 4.07. The molecule has 31 heavy (non-hydrogen) atoms. The first-order valence-corrected chi connectivity index (χ1v) is 10.2. The highest BCUT2D eigenvalue weighted by Gasteiger charge is 2.18. The minimum absolute atomic E-state index is 0.104. The van der Waals surface area contributed by atoms with E-state index >= 15 is 0 Å². The topological polar surface area (TPSA) is 114 Å². The molecule has 0 fully saturated rings. The van der Waals surface area contributed by atoms with Crippen LogP contribution in [0.5, 0.6) is 0 Å². The number of carbonyl (C=O) groups is 1. The van der Waals surface area contributed by atoms with Gasteiger partial charge in [0, 0.05) is 24.6 Å². The molecule has 2 heterocycles. The zero-order chi connectivity index (χ0) is 21.8. The summed E-state index contributed by atoms with van der Waals surface area (Å²) in [5.74, 6) is 1.27. The molecule has 2 aromatic heterocycles. The number of aromatic amines is 1. The van der Waals surface area contributed by atoms with Crippen molar-refractivity contribution in [2.75, 3.05) is 6.54 Å². The van der Waals surface area contributed by atoms with E-state index in [1.54, 1.807) is 0 Å². The zero-order valence-corrected chi connectivity index (χ0v) is 17.7. The van der Waals surface area contributed by atoms with E-state index in [2.05, 4.69) is 60.3 Å². The zero-order valence-electron chi connectivity index (χ0n) is 17.7. The standard InChI is InChI=1S/C22H24N8O/c1-4-23-22(31)21-24-19(30(27-21)14(2)3)13-15-9-11-16(12-10-15)17-7-5-6-8-18(17)20-25-28-29-26-20/h5-12,14H,4,13H2,1-3H3,(H,23,31)(H,25,26,28,29). The highest BCUT2D eigenvalue weighted by Crippen LogP contribution is 2.30. The molecule has 0 radical (unpaired) electrons. The Hall–Kier alpha value is -3.88. The Kier molecular flexibility index (Phi) is 5.83. The molecule has 4 aromatic rings. The van der Waals surface area contributed by atoms with Crippen molar-refractivity contribution in [3.8, 4) is 22.5 Å². The lowest BCUT2D eigenvalue weighted by molar-refractivity contribution is 0.0945. The van der Waals surface area contributed by atoms with Crippen LogP contribution >= 0.6 is 0 Å². The van der Waals surface area contributed by atoms with Crippen molar-refractivity contribution in [3.05, 3.63) is 65.7 Å². The van der Waals surface area contributed by atoms with Gasteiger partial charge in [0.25, 0.3) is 5.91 Å². The van der Waals surface area contributed by atoms with Gasteiger partial charge in [-0.15, -0.1) is 15.3 Å². The van der Waals surface area contributed by atoms with E-state index in [9.17, 15) is 4.79 Å². The minimum atomic E-state index is -0.253. The summed E-state index contributed by atoms with van der Waals surface area (Å²) in [6, 6.07) is 16.3. The number of rotatable bonds is 7. The van der Waals surface area contributed by atoms with Crippen LogP contribution in [0.4, 0.5) is 0 Å². The number of hydrogen-bond acceptors (Lipinski definition) is 6. The molecular weight excluding hydrogens is 392 g/mol. The summed E-state index contributed by atoms with van der Waals surface area (Å²) in [4.78, 5) is 16.6. The van der Waals surface area contributed by atoms with E-state index < -0.39 is 0 Å². The van der Waals surface area contributed by atoms with Gasteiger partial charge < -0.3 is 5.32 Å². The van der Waals surface area contributed by atoms with Crippen LogP contribution in [0.1, 0.15) is 48.8 Å². The number of aromatic nitrogens is 7. The lowest BCUT2D eigenvalue weighted by atomic mass is 9.98. The summed E-state index contributed by atoms with van der Waals surface area (Å²) >= 11 is 0. The molecule has 0 aliphatic heterocycles. The highest BCUT2D eigenvalue weighted by molar-refractivity contribution is 5.90. The second-order valence-electron chi connectivity index (χ2n) is 7.40. The van der Waals surface area contributed by atoms with Gasteiger partial charge in [-0.2, -0.15) is 5.21 Å². The first-order chi connectivity index (χ1) is 15.1. The fourth-order valence-electron chi connectivity index (χ4n) is 3.42. The van der Waals surface area contributed by atoms with E-state index in [1.807, 2.05) is 49.7 Å². The first kappa shape index (κ1) is 20.4. The minimum Gasteiger partial charge on any atom is -0.350 e. The number of nitrogens with one attached hydrogen (secondary N) is 2. The third kappa shape index (κ3) is 4.35. The molecule has 158 valence electrons. The quantitative estimate of drug-likeness (QED) is 0.479. The van der Waals surface area contributed by atoms with Crippen LogP contribution in [0, 0.1) is 0 Å². The van der Waals surface area contributed by atoms with E-state index in [0.717, 1.165) is 28.1 Å². The van der Waals surface area contributed by atoms with Gasteiger partial charge in [-0.3, -0.25) is 4.79 Å². The van der Waals surface area contributed by atoms with Crippen LogP contribution in [0.2, 0.25) is 0 Å². The van der Waals surface area contributed by atoms with Gasteiger partial charge in [-0.05, 0) is 42.7 Å². The molecule has 0 unspecified atom stereocenters. The van der Waals surface area contributed by atoms with Crippen LogP contribution in [-0.4, -0.2) is 47.8 Å². The molecule has 0 saturated heterocycles. The third-order valence-electron chi connectivity index (χ3n) is 4.87. The number of carbonyl (C=O) groups excluding carboxylic acids is 1. The second-order valence-corrected chi connectivity index (χ2v) is 7.40. The molecule has 9 nitrogen and oxygen atoms in total. The second kappa shape index (κ2) is 8.86. The Bertz CT molecular complexity index is 1160. The fraction of sp³-hybridized carbons (Fsp3) is 0.273. The normalized spacial score (nSPS) is 11.1. The van der Waals surface area contributed by atoms with Crippen molar-refractivity contribution < 1.29 is 4.79 Å². The van der Waals surface area contributed by atoms with Crippen LogP contribution in [0.15, 0.2) is 48.5 Å². The van der Waals surface area contributed by atoms with E-state index in [-0.39, 0.29) is 17.8 Å². The van der Waals surface area contributed by atoms with Crippen molar-refractivity contribution in [3.63, 3.8) is 0 Å². The first-order valence-electron chi connectivity index (χ1n) is 10.2. The van der Waals surface area contributed by atoms with Crippen LogP contribution in [-0.2, 0) is 6.42 Å². The molecule has 9 heteroatoms. The average molecular weight is 416 g/mol. The van der Waals surface area contributed by atoms with Gasteiger partial charge in [-0.1, -0.05) is 48.5 Å². The van der Waals surface area contributed by atoms with Crippen LogP contribution < -0.4 is 5.32 Å². The third-order valence-corrected chi connectivity index (χ3v) is 4.87. The van der Waals surface area contributed by atoms with Gasteiger partial charge in [0.15, 0.2) is 0 Å². The smallest absolute Gasteiger partial charge is 0.290 e. The summed E-state index contributed by atoms with van der Waals surface area (Å²) < 4.78 is 1.81. The monoisotopic (exact) mass is 416 g/mol. The molecule has 0 aliphatic carbocycles. The molecule has 2 N–H and O–H groups in total. The number of tetrazole rings is 1. The summed E-state index contributed by atoms with van der Waals surface area (Å²) in [7, 11) is 0. The molecule has 0 bridgehead atoms. The SMILES string of the molecule is CCNC(=O)c1nc(Cc2ccc(-c3ccccc3-c3nn[nH]n3)cc2)n(C(C)C)n1. The van der Waals surface area contributed by atoms with Crippen molar-refractivity contribution in [1.29, 1.82) is 0 Å². The van der Waals surface area contributed by atoms with Crippen molar-refractivity contribution in [1.82, 2.24) is 40.7 Å². The van der Waals surface area contributed by atoms with Crippen LogP contribution in [0.3, 0.4) is 0 Å². The number of amides is 1. The molecule has 2 aromatic carbocycles. The van der Waals surface area contributed by atoms with Crippen molar-refractivity contribution >= 4 is 5.91 Å². The lowest BCUT2D eigenvalue weighted by Crippen LogP contribution is -2.24. The van der Waals surface area contributed by atoms with Crippen molar-refractivity contribution in [2.45, 2.75) is 33.2 Å². The van der Waals surface area contributed by atoms with E-state index in [0.29, 0.717) is 18.8 Å². The predicted molar refractivity (Wildman–Crippen MR) is 116 cm³/mol. The molecule has 0 saturated carbocycles.